The van der Waals surface area contributed by atoms with Crippen molar-refractivity contribution < 1.29 is 22.4 Å². The summed E-state index contributed by atoms with van der Waals surface area (Å²) in [7, 11) is 2.02. The Labute approximate surface area is 158 Å². The molecule has 1 aliphatic carbocycles. The zero-order valence-corrected chi connectivity index (χ0v) is 15.1. The van der Waals surface area contributed by atoms with Gasteiger partial charge in [-0.15, -0.1) is 0 Å². The third-order valence-corrected chi connectivity index (χ3v) is 5.63. The number of rotatable bonds is 3. The molecular weight excluding hydrogens is 378 g/mol. The lowest BCUT2D eigenvalue weighted by Gasteiger charge is -2.58. The first-order valence-electron chi connectivity index (χ1n) is 8.74. The Kier molecular flexibility index (Phi) is 3.97. The Balaban J connectivity index is 1.73. The molecule has 2 aromatic rings. The molecule has 2 aliphatic rings. The van der Waals surface area contributed by atoms with E-state index < -0.39 is 23.5 Å². The molecule has 150 valence electrons. The first-order valence-corrected chi connectivity index (χ1v) is 8.74. The predicted octanol–water partition coefficient (Wildman–Crippen LogP) is 2.66. The molecule has 1 saturated carbocycles. The Morgan fingerprint density at radius 3 is 2.46 bits per heavy atom. The molecular formula is C18H19F4N5O. The number of carbonyl (C=O) groups excluding carboxylic acids is 1. The minimum absolute atomic E-state index is 0.0212. The van der Waals surface area contributed by atoms with E-state index >= 15 is 0 Å². The summed E-state index contributed by atoms with van der Waals surface area (Å²) in [5, 5.41) is 4.31. The maximum Gasteiger partial charge on any atom is 0.419 e. The minimum Gasteiger partial charge on any atom is -0.383 e. The molecule has 0 atom stereocenters. The fourth-order valence-electron chi connectivity index (χ4n) is 4.53. The molecule has 1 aromatic carbocycles. The van der Waals surface area contributed by atoms with Gasteiger partial charge in [0.1, 0.15) is 22.9 Å². The number of amides is 1. The van der Waals surface area contributed by atoms with Crippen LogP contribution in [0.25, 0.3) is 11.3 Å². The number of halogens is 4. The molecule has 28 heavy (non-hydrogen) atoms. The summed E-state index contributed by atoms with van der Waals surface area (Å²) in [6.07, 6.45) is -3.24. The van der Waals surface area contributed by atoms with E-state index in [9.17, 15) is 22.4 Å². The lowest BCUT2D eigenvalue weighted by molar-refractivity contribution is -0.139. The van der Waals surface area contributed by atoms with Crippen LogP contribution in [0.3, 0.4) is 0 Å². The van der Waals surface area contributed by atoms with Gasteiger partial charge < -0.3 is 16.4 Å². The summed E-state index contributed by atoms with van der Waals surface area (Å²) in [6.45, 7) is 1.93. The Hall–Kier alpha value is -2.62. The normalized spacial score (nSPS) is 19.5. The largest absolute Gasteiger partial charge is 0.419 e. The molecule has 10 heteroatoms. The van der Waals surface area contributed by atoms with Crippen molar-refractivity contribution in [1.82, 2.24) is 14.7 Å². The summed E-state index contributed by atoms with van der Waals surface area (Å²) < 4.78 is 54.3. The van der Waals surface area contributed by atoms with Gasteiger partial charge in [0.25, 0.3) is 5.91 Å². The number of hydrogen-bond donors (Lipinski definition) is 2. The molecule has 0 unspecified atom stereocenters. The lowest BCUT2D eigenvalue weighted by Crippen LogP contribution is -2.60. The third kappa shape index (κ3) is 2.83. The van der Waals surface area contributed by atoms with Gasteiger partial charge >= 0.3 is 6.18 Å². The highest BCUT2D eigenvalue weighted by Crippen LogP contribution is 2.54. The molecule has 1 saturated heterocycles. The topological polar surface area (TPSA) is 90.2 Å². The van der Waals surface area contributed by atoms with Crippen molar-refractivity contribution >= 4 is 11.7 Å². The first-order chi connectivity index (χ1) is 13.0. The van der Waals surface area contributed by atoms with E-state index in [-0.39, 0.29) is 34.1 Å². The molecule has 2 heterocycles. The van der Waals surface area contributed by atoms with Gasteiger partial charge in [0.15, 0.2) is 0 Å². The molecule has 0 radical (unpaired) electrons. The number of primary amides is 1. The molecule has 1 aliphatic heterocycles. The second kappa shape index (κ2) is 5.94. The van der Waals surface area contributed by atoms with Gasteiger partial charge in [0, 0.05) is 18.7 Å². The average Bonchev–Trinajstić information content (AvgIpc) is 2.86. The summed E-state index contributed by atoms with van der Waals surface area (Å²) in [6, 6.07) is 2.40. The van der Waals surface area contributed by atoms with E-state index in [1.165, 1.54) is 4.68 Å². The van der Waals surface area contributed by atoms with Crippen molar-refractivity contribution in [3.63, 3.8) is 0 Å². The van der Waals surface area contributed by atoms with Crippen LogP contribution >= 0.6 is 0 Å². The third-order valence-electron chi connectivity index (χ3n) is 5.63. The van der Waals surface area contributed by atoms with Crippen molar-refractivity contribution in [2.75, 3.05) is 25.9 Å². The van der Waals surface area contributed by atoms with Crippen LogP contribution in [0.15, 0.2) is 18.2 Å². The van der Waals surface area contributed by atoms with Gasteiger partial charge in [-0.25, -0.2) is 9.07 Å². The lowest BCUT2D eigenvalue weighted by atomic mass is 9.61. The van der Waals surface area contributed by atoms with Crippen molar-refractivity contribution in [2.24, 2.45) is 11.1 Å². The van der Waals surface area contributed by atoms with Crippen LogP contribution in [0.4, 0.5) is 23.4 Å². The van der Waals surface area contributed by atoms with Crippen LogP contribution in [-0.2, 0) is 6.18 Å². The number of nitrogens with zero attached hydrogens (tertiary/aromatic N) is 3. The monoisotopic (exact) mass is 397 g/mol. The zero-order valence-electron chi connectivity index (χ0n) is 15.1. The van der Waals surface area contributed by atoms with Crippen molar-refractivity contribution in [3.05, 3.63) is 35.1 Å². The average molecular weight is 397 g/mol. The number of anilines is 1. The van der Waals surface area contributed by atoms with Crippen molar-refractivity contribution in [3.8, 4) is 11.3 Å². The number of nitrogens with two attached hydrogens (primary N) is 2. The predicted molar refractivity (Wildman–Crippen MR) is 93.8 cm³/mol. The number of carbonyl (C=O) groups is 1. The molecule has 1 spiro atoms. The van der Waals surface area contributed by atoms with Gasteiger partial charge in [-0.1, -0.05) is 0 Å². The van der Waals surface area contributed by atoms with Crippen LogP contribution in [0.5, 0.6) is 0 Å². The van der Waals surface area contributed by atoms with Crippen LogP contribution in [0, 0.1) is 11.2 Å². The summed E-state index contributed by atoms with van der Waals surface area (Å²) in [4.78, 5) is 14.1. The molecule has 1 amide bonds. The quantitative estimate of drug-likeness (QED) is 0.780. The van der Waals surface area contributed by atoms with E-state index in [2.05, 4.69) is 10.00 Å². The highest BCUT2D eigenvalue weighted by Gasteiger charge is 2.52. The molecule has 6 nitrogen and oxygen atoms in total. The van der Waals surface area contributed by atoms with Gasteiger partial charge in [-0.2, -0.15) is 18.3 Å². The zero-order chi connectivity index (χ0) is 20.4. The van der Waals surface area contributed by atoms with Gasteiger partial charge in [-0.3, -0.25) is 4.79 Å². The molecule has 0 bridgehead atoms. The number of likely N-dealkylation sites (tertiary alicyclic amines) is 1. The van der Waals surface area contributed by atoms with E-state index in [1.807, 2.05) is 7.05 Å². The van der Waals surface area contributed by atoms with Crippen LogP contribution in [0.1, 0.15) is 34.8 Å². The molecule has 4 N–H and O–H groups in total. The fourth-order valence-corrected chi connectivity index (χ4v) is 4.53. The van der Waals surface area contributed by atoms with Crippen molar-refractivity contribution in [2.45, 2.75) is 25.1 Å². The standard InChI is InChI=1S/C18H19F4N5O/c1-26-7-17(8-26)5-10(6-17)27-15(23)13(16(24)28)14(25-27)9-2-3-12(19)11(4-9)18(20,21)22/h2-4,10H,5-8,23H2,1H3,(H2,24,28). The minimum atomic E-state index is -4.88. The highest BCUT2D eigenvalue weighted by molar-refractivity contribution is 6.03. The molecule has 2 fully saturated rings. The summed E-state index contributed by atoms with van der Waals surface area (Å²) in [5.41, 5.74) is 9.99. The van der Waals surface area contributed by atoms with Gasteiger partial charge in [0.05, 0.1) is 11.6 Å². The fraction of sp³-hybridized carbons (Fsp3) is 0.444. The molecule has 4 rings (SSSR count). The van der Waals surface area contributed by atoms with E-state index in [0.29, 0.717) is 12.1 Å². The van der Waals surface area contributed by atoms with E-state index in [0.717, 1.165) is 32.0 Å². The van der Waals surface area contributed by atoms with E-state index in [1.54, 1.807) is 0 Å². The Morgan fingerprint density at radius 1 is 1.29 bits per heavy atom. The maximum atomic E-state index is 13.6. The Morgan fingerprint density at radius 2 is 1.93 bits per heavy atom. The highest BCUT2D eigenvalue weighted by atomic mass is 19.4. The van der Waals surface area contributed by atoms with Crippen molar-refractivity contribution in [1.29, 1.82) is 0 Å². The second-order valence-electron chi connectivity index (χ2n) is 7.84. The number of alkyl halides is 3. The smallest absolute Gasteiger partial charge is 0.383 e. The summed E-state index contributed by atoms with van der Waals surface area (Å²) >= 11 is 0. The molecule has 1 aromatic heterocycles. The Bertz CT molecular complexity index is 954. The number of benzene rings is 1. The number of hydrogen-bond acceptors (Lipinski definition) is 4. The maximum absolute atomic E-state index is 13.6. The number of aromatic nitrogens is 2. The van der Waals surface area contributed by atoms with E-state index in [4.69, 9.17) is 11.5 Å². The number of nitrogen functional groups attached to an aromatic ring is 1. The van der Waals surface area contributed by atoms with Crippen LogP contribution < -0.4 is 11.5 Å². The van der Waals surface area contributed by atoms with Gasteiger partial charge in [0.2, 0.25) is 0 Å². The second-order valence-corrected chi connectivity index (χ2v) is 7.84. The van der Waals surface area contributed by atoms with Gasteiger partial charge in [-0.05, 0) is 43.5 Å². The SMILES string of the molecule is CN1CC2(CC(n3nc(-c4ccc(F)c(C(F)(F)F)c4)c(C(N)=O)c3N)C2)C1. The first kappa shape index (κ1) is 18.7. The summed E-state index contributed by atoms with van der Waals surface area (Å²) in [5.74, 6) is -2.28. The van der Waals surface area contributed by atoms with Crippen LogP contribution in [0.2, 0.25) is 0 Å². The van der Waals surface area contributed by atoms with Crippen LogP contribution in [-0.4, -0.2) is 40.7 Å².